The number of aliphatic hydroxyl groups is 1. The fourth-order valence-corrected chi connectivity index (χ4v) is 3.16. The maximum atomic E-state index is 10.1. The van der Waals surface area contributed by atoms with Gasteiger partial charge in [-0.25, -0.2) is 4.68 Å². The lowest BCUT2D eigenvalue weighted by Crippen LogP contribution is -2.33. The second-order valence-electron chi connectivity index (χ2n) is 6.72. The average Bonchev–Trinajstić information content (AvgIpc) is 3.20. The van der Waals surface area contributed by atoms with E-state index in [0.717, 1.165) is 24.1 Å². The zero-order valence-corrected chi connectivity index (χ0v) is 14.7. The van der Waals surface area contributed by atoms with Crippen LogP contribution in [0.4, 0.5) is 0 Å². The second kappa shape index (κ2) is 9.03. The summed E-state index contributed by atoms with van der Waals surface area (Å²) >= 11 is 0. The highest BCUT2D eigenvalue weighted by Gasteiger charge is 2.16. The summed E-state index contributed by atoms with van der Waals surface area (Å²) < 4.78 is 7.45. The molecule has 1 fully saturated rings. The smallest absolute Gasteiger partial charge is 0.143 e. The van der Waals surface area contributed by atoms with Crippen molar-refractivity contribution in [2.75, 3.05) is 13.2 Å². The van der Waals surface area contributed by atoms with Gasteiger partial charge in [0.15, 0.2) is 0 Å². The third kappa shape index (κ3) is 5.32. The molecule has 7 heteroatoms. The summed E-state index contributed by atoms with van der Waals surface area (Å²) in [6.07, 6.45) is 7.49. The number of nitrogens with one attached hydrogen (secondary N) is 1. The number of ether oxygens (including phenoxy) is 1. The van der Waals surface area contributed by atoms with Crippen molar-refractivity contribution in [3.63, 3.8) is 0 Å². The van der Waals surface area contributed by atoms with Gasteiger partial charge in [0.25, 0.3) is 0 Å². The molecule has 2 atom stereocenters. The molecule has 2 unspecified atom stereocenters. The molecular weight excluding hydrogens is 318 g/mol. The average molecular weight is 345 g/mol. The number of tetrazole rings is 1. The number of hydrogen-bond donors (Lipinski definition) is 2. The predicted molar refractivity (Wildman–Crippen MR) is 94.4 cm³/mol. The van der Waals surface area contributed by atoms with Gasteiger partial charge in [0, 0.05) is 12.6 Å². The molecule has 0 bridgehead atoms. The Morgan fingerprint density at radius 3 is 2.68 bits per heavy atom. The van der Waals surface area contributed by atoms with Crippen LogP contribution >= 0.6 is 0 Å². The number of nitrogens with zero attached hydrogens (tertiary/aromatic N) is 4. The topological polar surface area (TPSA) is 85.1 Å². The van der Waals surface area contributed by atoms with Crippen molar-refractivity contribution < 1.29 is 9.84 Å². The Hall–Kier alpha value is -1.83. The second-order valence-corrected chi connectivity index (χ2v) is 6.72. The Bertz CT molecular complexity index is 611. The monoisotopic (exact) mass is 345 g/mol. The van der Waals surface area contributed by atoms with E-state index in [1.165, 1.54) is 19.3 Å². The highest BCUT2D eigenvalue weighted by Crippen LogP contribution is 2.20. The van der Waals surface area contributed by atoms with E-state index in [1.807, 2.05) is 24.3 Å². The molecule has 0 amide bonds. The lowest BCUT2D eigenvalue weighted by atomic mass is 9.98. The van der Waals surface area contributed by atoms with Gasteiger partial charge in [-0.05, 0) is 47.9 Å². The highest BCUT2D eigenvalue weighted by molar-refractivity contribution is 5.34. The first-order chi connectivity index (χ1) is 12.2. The molecule has 0 spiro atoms. The van der Waals surface area contributed by atoms with Crippen molar-refractivity contribution in [3.05, 3.63) is 36.2 Å². The Balaban J connectivity index is 1.41. The molecule has 7 nitrogen and oxygen atoms in total. The summed E-state index contributed by atoms with van der Waals surface area (Å²) in [6, 6.07) is 8.19. The van der Waals surface area contributed by atoms with E-state index in [1.54, 1.807) is 11.0 Å². The van der Waals surface area contributed by atoms with E-state index in [0.29, 0.717) is 19.3 Å². The number of aromatic nitrogens is 4. The van der Waals surface area contributed by atoms with Gasteiger partial charge in [-0.3, -0.25) is 0 Å². The third-order valence-electron chi connectivity index (χ3n) is 4.74. The van der Waals surface area contributed by atoms with E-state index < -0.39 is 6.10 Å². The normalized spacial score (nSPS) is 18.2. The first-order valence-electron chi connectivity index (χ1n) is 9.09. The summed E-state index contributed by atoms with van der Waals surface area (Å²) in [6.45, 7) is 3.01. The molecule has 2 N–H and O–H groups in total. The molecule has 136 valence electrons. The molecule has 0 aliphatic heterocycles. The van der Waals surface area contributed by atoms with E-state index >= 15 is 0 Å². The van der Waals surface area contributed by atoms with Gasteiger partial charge in [0.2, 0.25) is 0 Å². The molecular formula is C18H27N5O2. The van der Waals surface area contributed by atoms with Gasteiger partial charge in [-0.2, -0.15) is 0 Å². The van der Waals surface area contributed by atoms with Gasteiger partial charge in [0.1, 0.15) is 6.33 Å². The van der Waals surface area contributed by atoms with E-state index in [2.05, 4.69) is 27.8 Å². The van der Waals surface area contributed by atoms with E-state index in [-0.39, 0.29) is 6.04 Å². The number of benzene rings is 1. The molecule has 0 radical (unpaired) electrons. The summed E-state index contributed by atoms with van der Waals surface area (Å²) in [4.78, 5) is 0. The zero-order chi connectivity index (χ0) is 17.5. The molecule has 25 heavy (non-hydrogen) atoms. The van der Waals surface area contributed by atoms with Crippen LogP contribution in [-0.4, -0.2) is 50.7 Å². The Morgan fingerprint density at radius 1 is 1.24 bits per heavy atom. The summed E-state index contributed by atoms with van der Waals surface area (Å²) in [7, 11) is 0. The quantitative estimate of drug-likeness (QED) is 0.761. The van der Waals surface area contributed by atoms with Crippen molar-refractivity contribution in [2.24, 2.45) is 0 Å². The van der Waals surface area contributed by atoms with Crippen LogP contribution < -0.4 is 5.32 Å². The first-order valence-corrected chi connectivity index (χ1v) is 9.09. The largest absolute Gasteiger partial charge is 0.389 e. The molecule has 1 aliphatic rings. The lowest BCUT2D eigenvalue weighted by Gasteiger charge is -2.24. The fraction of sp³-hybridized carbons (Fsp3) is 0.611. The van der Waals surface area contributed by atoms with Crippen molar-refractivity contribution in [1.29, 1.82) is 0 Å². The molecule has 1 aliphatic carbocycles. The molecule has 1 aromatic carbocycles. The summed E-state index contributed by atoms with van der Waals surface area (Å²) in [5.74, 6) is 0. The van der Waals surface area contributed by atoms with Crippen LogP contribution in [0.15, 0.2) is 30.6 Å². The van der Waals surface area contributed by atoms with Crippen LogP contribution in [-0.2, 0) is 4.74 Å². The number of hydrogen-bond acceptors (Lipinski definition) is 6. The molecule has 2 aromatic rings. The SMILES string of the molecule is CC(NCC(O)COC1CCCCC1)c1ccc(-n2cnnn2)cc1. The number of aliphatic hydroxyl groups excluding tert-OH is 1. The predicted octanol–water partition coefficient (Wildman–Crippen LogP) is 2.02. The first kappa shape index (κ1) is 18.0. The zero-order valence-electron chi connectivity index (χ0n) is 14.7. The van der Waals surface area contributed by atoms with Crippen molar-refractivity contribution in [1.82, 2.24) is 25.5 Å². The minimum absolute atomic E-state index is 0.146. The van der Waals surface area contributed by atoms with Gasteiger partial charge in [-0.15, -0.1) is 5.10 Å². The van der Waals surface area contributed by atoms with Crippen LogP contribution in [0.1, 0.15) is 50.6 Å². The van der Waals surface area contributed by atoms with Gasteiger partial charge < -0.3 is 15.2 Å². The maximum Gasteiger partial charge on any atom is 0.143 e. The van der Waals surface area contributed by atoms with Crippen molar-refractivity contribution >= 4 is 0 Å². The standard InChI is InChI=1S/C18H27N5O2/c1-14(15-7-9-16(10-8-15)23-13-20-21-22-23)19-11-17(24)12-25-18-5-3-2-4-6-18/h7-10,13-14,17-19,24H,2-6,11-12H2,1H3. The molecule has 3 rings (SSSR count). The van der Waals surface area contributed by atoms with E-state index in [4.69, 9.17) is 4.74 Å². The number of rotatable bonds is 8. The lowest BCUT2D eigenvalue weighted by molar-refractivity contribution is -0.0235. The highest BCUT2D eigenvalue weighted by atomic mass is 16.5. The molecule has 1 saturated carbocycles. The Labute approximate surface area is 148 Å². The van der Waals surface area contributed by atoms with E-state index in [9.17, 15) is 5.11 Å². The van der Waals surface area contributed by atoms with Crippen LogP contribution in [0, 0.1) is 0 Å². The Kier molecular flexibility index (Phi) is 6.49. The van der Waals surface area contributed by atoms with Gasteiger partial charge in [-0.1, -0.05) is 31.4 Å². The third-order valence-corrected chi connectivity index (χ3v) is 4.74. The summed E-state index contributed by atoms with van der Waals surface area (Å²) in [5, 5.41) is 24.6. The van der Waals surface area contributed by atoms with Crippen LogP contribution in [0.2, 0.25) is 0 Å². The Morgan fingerprint density at radius 2 is 2.00 bits per heavy atom. The van der Waals surface area contributed by atoms with Crippen molar-refractivity contribution in [2.45, 2.75) is 57.3 Å². The van der Waals surface area contributed by atoms with Gasteiger partial charge >= 0.3 is 0 Å². The minimum Gasteiger partial charge on any atom is -0.389 e. The fourth-order valence-electron chi connectivity index (χ4n) is 3.16. The molecule has 1 aromatic heterocycles. The minimum atomic E-state index is -0.482. The van der Waals surface area contributed by atoms with Gasteiger partial charge in [0.05, 0.1) is 24.5 Å². The van der Waals surface area contributed by atoms with Crippen LogP contribution in [0.5, 0.6) is 0 Å². The molecule has 0 saturated heterocycles. The van der Waals surface area contributed by atoms with Crippen LogP contribution in [0.25, 0.3) is 5.69 Å². The molecule has 1 heterocycles. The van der Waals surface area contributed by atoms with Crippen LogP contribution in [0.3, 0.4) is 0 Å². The maximum absolute atomic E-state index is 10.1. The summed E-state index contributed by atoms with van der Waals surface area (Å²) in [5.41, 5.74) is 2.07. The van der Waals surface area contributed by atoms with Crippen molar-refractivity contribution in [3.8, 4) is 5.69 Å².